The van der Waals surface area contributed by atoms with Crippen LogP contribution in [-0.2, 0) is 5.41 Å². The van der Waals surface area contributed by atoms with E-state index in [1.807, 2.05) is 16.6 Å². The van der Waals surface area contributed by atoms with Gasteiger partial charge in [-0.25, -0.2) is 0 Å². The maximum atomic E-state index is 5.80. The van der Waals surface area contributed by atoms with Gasteiger partial charge in [-0.3, -0.25) is 0 Å². The second kappa shape index (κ2) is 3.82. The number of rotatable bonds is 3. The van der Waals surface area contributed by atoms with Crippen LogP contribution < -0.4 is 5.73 Å². The molecule has 0 atom stereocenters. The highest BCUT2D eigenvalue weighted by atomic mass is 32.1. The number of anilines is 1. The first-order valence-electron chi connectivity index (χ1n) is 7.35. The molecule has 3 aromatic rings. The smallest absolute Gasteiger partial charge is 0.234 e. The standard InChI is InChI=1S/C15H15N5S/c16-11-5-3-10(4-6-11)15(7-8-15)13-19-20-12(9-1-2-9)17-18-14(20)21-13/h3-6,9H,1-2,7-8,16H2. The first-order valence-corrected chi connectivity index (χ1v) is 8.17. The molecular formula is C15H15N5S. The van der Waals surface area contributed by atoms with Crippen LogP contribution in [0.2, 0.25) is 0 Å². The summed E-state index contributed by atoms with van der Waals surface area (Å²) < 4.78 is 1.97. The summed E-state index contributed by atoms with van der Waals surface area (Å²) in [5.41, 5.74) is 8.01. The molecule has 0 unspecified atom stereocenters. The molecule has 2 N–H and O–H groups in total. The normalized spacial score (nSPS) is 20.0. The number of nitrogen functional groups attached to an aromatic ring is 1. The summed E-state index contributed by atoms with van der Waals surface area (Å²) in [4.78, 5) is 0.925. The third kappa shape index (κ3) is 1.65. The second-order valence-corrected chi connectivity index (χ2v) is 7.09. The highest BCUT2D eigenvalue weighted by Gasteiger charge is 2.49. The molecule has 5 rings (SSSR count). The fourth-order valence-electron chi connectivity index (χ4n) is 2.97. The number of nitrogens with zero attached hydrogens (tertiary/aromatic N) is 4. The SMILES string of the molecule is Nc1ccc(C2(c3nn4c(C5CC5)nnc4s3)CC2)cc1. The Bertz CT molecular complexity index is 823. The Morgan fingerprint density at radius 1 is 1.14 bits per heavy atom. The minimum atomic E-state index is 0.0832. The van der Waals surface area contributed by atoms with Crippen LogP contribution in [0.25, 0.3) is 4.96 Å². The predicted octanol–water partition coefficient (Wildman–Crippen LogP) is 2.73. The summed E-state index contributed by atoms with van der Waals surface area (Å²) in [6.45, 7) is 0. The lowest BCUT2D eigenvalue weighted by Crippen LogP contribution is -2.09. The first kappa shape index (κ1) is 11.7. The van der Waals surface area contributed by atoms with E-state index >= 15 is 0 Å². The Morgan fingerprint density at radius 3 is 2.57 bits per heavy atom. The molecule has 0 saturated heterocycles. The number of nitrogens with two attached hydrogens (primary N) is 1. The fraction of sp³-hybridized carbons (Fsp3) is 0.400. The van der Waals surface area contributed by atoms with Gasteiger partial charge in [-0.15, -0.1) is 10.2 Å². The highest BCUT2D eigenvalue weighted by molar-refractivity contribution is 7.16. The van der Waals surface area contributed by atoms with Crippen molar-refractivity contribution >= 4 is 22.0 Å². The Morgan fingerprint density at radius 2 is 1.90 bits per heavy atom. The van der Waals surface area contributed by atoms with E-state index in [2.05, 4.69) is 22.3 Å². The number of hydrogen-bond acceptors (Lipinski definition) is 5. The number of aromatic nitrogens is 4. The lowest BCUT2D eigenvalue weighted by Gasteiger charge is -2.12. The molecule has 2 aromatic heterocycles. The van der Waals surface area contributed by atoms with E-state index in [-0.39, 0.29) is 5.41 Å². The first-order chi connectivity index (χ1) is 10.3. The molecular weight excluding hydrogens is 282 g/mol. The Labute approximate surface area is 125 Å². The van der Waals surface area contributed by atoms with Gasteiger partial charge in [0.2, 0.25) is 4.96 Å². The summed E-state index contributed by atoms with van der Waals surface area (Å²) >= 11 is 1.68. The van der Waals surface area contributed by atoms with E-state index in [1.54, 1.807) is 11.3 Å². The maximum Gasteiger partial charge on any atom is 0.234 e. The molecule has 0 radical (unpaired) electrons. The van der Waals surface area contributed by atoms with Crippen molar-refractivity contribution in [3.8, 4) is 0 Å². The van der Waals surface area contributed by atoms with Crippen molar-refractivity contribution in [3.63, 3.8) is 0 Å². The molecule has 6 heteroatoms. The van der Waals surface area contributed by atoms with E-state index in [0.717, 1.165) is 29.3 Å². The van der Waals surface area contributed by atoms with Gasteiger partial charge >= 0.3 is 0 Å². The van der Waals surface area contributed by atoms with Crippen LogP contribution in [0.1, 0.15) is 48.0 Å². The van der Waals surface area contributed by atoms with Crippen molar-refractivity contribution in [2.75, 3.05) is 5.73 Å². The van der Waals surface area contributed by atoms with Gasteiger partial charge in [0.25, 0.3) is 0 Å². The zero-order valence-electron chi connectivity index (χ0n) is 11.5. The molecule has 0 spiro atoms. The number of fused-ring (bicyclic) bond motifs is 1. The maximum absolute atomic E-state index is 5.80. The minimum Gasteiger partial charge on any atom is -0.399 e. The molecule has 2 aliphatic rings. The van der Waals surface area contributed by atoms with Crippen molar-refractivity contribution in [1.29, 1.82) is 0 Å². The molecule has 21 heavy (non-hydrogen) atoms. The van der Waals surface area contributed by atoms with Gasteiger partial charge in [-0.2, -0.15) is 9.61 Å². The summed E-state index contributed by atoms with van der Waals surface area (Å²) in [6, 6.07) is 8.22. The van der Waals surface area contributed by atoms with E-state index < -0.39 is 0 Å². The van der Waals surface area contributed by atoms with Crippen molar-refractivity contribution in [3.05, 3.63) is 40.7 Å². The van der Waals surface area contributed by atoms with E-state index in [9.17, 15) is 0 Å². The zero-order chi connectivity index (χ0) is 14.0. The van der Waals surface area contributed by atoms with E-state index in [4.69, 9.17) is 10.8 Å². The molecule has 2 heterocycles. The van der Waals surface area contributed by atoms with Gasteiger partial charge < -0.3 is 5.73 Å². The van der Waals surface area contributed by atoms with Crippen molar-refractivity contribution < 1.29 is 0 Å². The topological polar surface area (TPSA) is 69.1 Å². The molecule has 0 amide bonds. The minimum absolute atomic E-state index is 0.0832. The van der Waals surface area contributed by atoms with Crippen LogP contribution in [0, 0.1) is 0 Å². The van der Waals surface area contributed by atoms with Crippen LogP contribution in [0.4, 0.5) is 5.69 Å². The molecule has 0 bridgehead atoms. The van der Waals surface area contributed by atoms with Crippen LogP contribution in [-0.4, -0.2) is 19.8 Å². The lowest BCUT2D eigenvalue weighted by molar-refractivity contribution is 0.753. The Kier molecular flexibility index (Phi) is 2.13. The molecule has 0 aliphatic heterocycles. The molecule has 5 nitrogen and oxygen atoms in total. The average molecular weight is 297 g/mol. The lowest BCUT2D eigenvalue weighted by atomic mass is 9.97. The molecule has 2 aliphatic carbocycles. The van der Waals surface area contributed by atoms with Crippen LogP contribution in [0.15, 0.2) is 24.3 Å². The average Bonchev–Trinajstić information content (AvgIpc) is 3.39. The summed E-state index contributed by atoms with van der Waals surface area (Å²) in [7, 11) is 0. The Hall–Kier alpha value is -1.95. The highest BCUT2D eigenvalue weighted by Crippen LogP contribution is 2.54. The molecule has 2 fully saturated rings. The zero-order valence-corrected chi connectivity index (χ0v) is 12.3. The summed E-state index contributed by atoms with van der Waals surface area (Å²) in [5, 5.41) is 14.6. The quantitative estimate of drug-likeness (QED) is 0.755. The molecule has 106 valence electrons. The largest absolute Gasteiger partial charge is 0.399 e. The monoisotopic (exact) mass is 297 g/mol. The van der Waals surface area contributed by atoms with E-state index in [1.165, 1.54) is 23.4 Å². The third-order valence-electron chi connectivity index (χ3n) is 4.58. The fourth-order valence-corrected chi connectivity index (χ4v) is 4.09. The third-order valence-corrected chi connectivity index (χ3v) is 5.68. The van der Waals surface area contributed by atoms with Crippen LogP contribution >= 0.6 is 11.3 Å². The second-order valence-electron chi connectivity index (χ2n) is 6.14. The van der Waals surface area contributed by atoms with Gasteiger partial charge in [0, 0.05) is 17.0 Å². The van der Waals surface area contributed by atoms with Crippen molar-refractivity contribution in [2.45, 2.75) is 37.0 Å². The molecule has 1 aromatic carbocycles. The molecule has 2 saturated carbocycles. The Balaban J connectivity index is 1.61. The summed E-state index contributed by atoms with van der Waals surface area (Å²) in [5.74, 6) is 1.61. The number of hydrogen-bond donors (Lipinski definition) is 1. The van der Waals surface area contributed by atoms with Gasteiger partial charge in [-0.05, 0) is 43.4 Å². The van der Waals surface area contributed by atoms with E-state index in [0.29, 0.717) is 5.92 Å². The number of benzene rings is 1. The van der Waals surface area contributed by atoms with Crippen molar-refractivity contribution in [1.82, 2.24) is 19.8 Å². The van der Waals surface area contributed by atoms with Gasteiger partial charge in [0.15, 0.2) is 5.82 Å². The van der Waals surface area contributed by atoms with Gasteiger partial charge in [0.05, 0.1) is 0 Å². The predicted molar refractivity (Wildman–Crippen MR) is 81.5 cm³/mol. The van der Waals surface area contributed by atoms with Crippen molar-refractivity contribution in [2.24, 2.45) is 0 Å². The van der Waals surface area contributed by atoms with Crippen LogP contribution in [0.3, 0.4) is 0 Å². The van der Waals surface area contributed by atoms with Crippen LogP contribution in [0.5, 0.6) is 0 Å². The van der Waals surface area contributed by atoms with Gasteiger partial charge in [0.1, 0.15) is 5.01 Å². The summed E-state index contributed by atoms with van der Waals surface area (Å²) in [6.07, 6.45) is 4.74. The van der Waals surface area contributed by atoms with Gasteiger partial charge in [-0.1, -0.05) is 23.5 Å².